The van der Waals surface area contributed by atoms with Gasteiger partial charge in [-0.15, -0.1) is 0 Å². The molecular formula is C12H12F2N2O3S. The Morgan fingerprint density at radius 2 is 1.85 bits per heavy atom. The molecule has 0 saturated heterocycles. The largest absolute Gasteiger partial charge is 0.444 e. The fourth-order valence-corrected chi connectivity index (χ4v) is 2.69. The molecule has 5 nitrogen and oxygen atoms in total. The van der Waals surface area contributed by atoms with E-state index >= 15 is 0 Å². The van der Waals surface area contributed by atoms with E-state index in [1.165, 1.54) is 0 Å². The van der Waals surface area contributed by atoms with E-state index in [2.05, 4.69) is 4.98 Å². The van der Waals surface area contributed by atoms with Gasteiger partial charge in [0.15, 0.2) is 4.90 Å². The second kappa shape index (κ2) is 5.29. The molecule has 0 saturated carbocycles. The summed E-state index contributed by atoms with van der Waals surface area (Å²) in [6.45, 7) is 3.09. The number of aryl methyl sites for hydroxylation is 2. The minimum Gasteiger partial charge on any atom is -0.444 e. The fraction of sp³-hybridized carbons (Fsp3) is 0.250. The number of sulfonamides is 1. The third kappa shape index (κ3) is 2.86. The van der Waals surface area contributed by atoms with E-state index in [0.29, 0.717) is 11.5 Å². The monoisotopic (exact) mass is 302 g/mol. The van der Waals surface area contributed by atoms with E-state index in [9.17, 15) is 17.2 Å². The molecule has 0 unspecified atom stereocenters. The van der Waals surface area contributed by atoms with Crippen molar-refractivity contribution in [3.8, 4) is 0 Å². The van der Waals surface area contributed by atoms with E-state index < -0.39 is 26.6 Å². The molecule has 0 aliphatic heterocycles. The van der Waals surface area contributed by atoms with Crippen LogP contribution in [0.5, 0.6) is 0 Å². The van der Waals surface area contributed by atoms with Gasteiger partial charge in [0, 0.05) is 0 Å². The molecule has 0 aliphatic rings. The summed E-state index contributed by atoms with van der Waals surface area (Å²) in [6.07, 6.45) is 0. The molecule has 108 valence electrons. The smallest absolute Gasteiger partial charge is 0.246 e. The Labute approximate surface area is 114 Å². The maximum Gasteiger partial charge on any atom is 0.246 e. The second-order valence-corrected chi connectivity index (χ2v) is 5.83. The van der Waals surface area contributed by atoms with Crippen molar-refractivity contribution in [2.45, 2.75) is 25.3 Å². The highest BCUT2D eigenvalue weighted by Crippen LogP contribution is 2.18. The van der Waals surface area contributed by atoms with E-state index in [0.717, 1.165) is 18.2 Å². The van der Waals surface area contributed by atoms with Gasteiger partial charge >= 0.3 is 0 Å². The van der Waals surface area contributed by atoms with Crippen molar-refractivity contribution in [3.63, 3.8) is 0 Å². The number of hydrogen-bond donors (Lipinski definition) is 1. The number of nitrogens with one attached hydrogen (secondary N) is 1. The van der Waals surface area contributed by atoms with Crippen LogP contribution in [0.3, 0.4) is 0 Å². The van der Waals surface area contributed by atoms with Gasteiger partial charge in [-0.05, 0) is 26.0 Å². The summed E-state index contributed by atoms with van der Waals surface area (Å²) in [5.74, 6) is -1.63. The number of oxazole rings is 1. The zero-order valence-corrected chi connectivity index (χ0v) is 11.6. The zero-order valence-electron chi connectivity index (χ0n) is 10.8. The first-order valence-corrected chi connectivity index (χ1v) is 7.16. The van der Waals surface area contributed by atoms with E-state index in [1.807, 2.05) is 4.72 Å². The van der Waals surface area contributed by atoms with E-state index in [4.69, 9.17) is 4.42 Å². The molecule has 20 heavy (non-hydrogen) atoms. The topological polar surface area (TPSA) is 72.2 Å². The molecule has 0 radical (unpaired) electrons. The average molecular weight is 302 g/mol. The first-order valence-electron chi connectivity index (χ1n) is 5.68. The van der Waals surface area contributed by atoms with Crippen molar-refractivity contribution < 1.29 is 21.6 Å². The van der Waals surface area contributed by atoms with Crippen LogP contribution in [0, 0.1) is 25.5 Å². The number of benzene rings is 1. The Morgan fingerprint density at radius 1 is 1.25 bits per heavy atom. The quantitative estimate of drug-likeness (QED) is 0.938. The lowest BCUT2D eigenvalue weighted by Crippen LogP contribution is -2.25. The average Bonchev–Trinajstić information content (AvgIpc) is 2.66. The molecule has 0 amide bonds. The van der Waals surface area contributed by atoms with Gasteiger partial charge in [0.05, 0.1) is 12.2 Å². The Bertz CT molecular complexity index is 701. The van der Waals surface area contributed by atoms with Crippen LogP contribution >= 0.6 is 0 Å². The molecule has 1 aromatic carbocycles. The third-order valence-corrected chi connectivity index (χ3v) is 4.13. The molecule has 0 atom stereocenters. The van der Waals surface area contributed by atoms with Gasteiger partial charge in [0.2, 0.25) is 15.9 Å². The van der Waals surface area contributed by atoms with Crippen LogP contribution in [0.15, 0.2) is 27.5 Å². The van der Waals surface area contributed by atoms with Crippen LogP contribution in [-0.4, -0.2) is 13.4 Å². The lowest BCUT2D eigenvalue weighted by molar-refractivity contribution is 0.460. The van der Waals surface area contributed by atoms with Gasteiger partial charge in [0.25, 0.3) is 0 Å². The van der Waals surface area contributed by atoms with Crippen LogP contribution < -0.4 is 4.72 Å². The van der Waals surface area contributed by atoms with Crippen LogP contribution in [0.1, 0.15) is 17.3 Å². The summed E-state index contributed by atoms with van der Waals surface area (Å²) in [7, 11) is -4.32. The van der Waals surface area contributed by atoms with Gasteiger partial charge in [-0.1, -0.05) is 6.07 Å². The zero-order chi connectivity index (χ0) is 14.9. The molecule has 2 aromatic rings. The summed E-state index contributed by atoms with van der Waals surface area (Å²) in [6, 6.07) is 2.83. The maximum absolute atomic E-state index is 13.4. The Morgan fingerprint density at radius 3 is 2.35 bits per heavy atom. The Hall–Kier alpha value is -1.80. The highest BCUT2D eigenvalue weighted by molar-refractivity contribution is 7.89. The van der Waals surface area contributed by atoms with Crippen molar-refractivity contribution in [2.24, 2.45) is 0 Å². The molecule has 0 fully saturated rings. The van der Waals surface area contributed by atoms with Gasteiger partial charge < -0.3 is 4.42 Å². The molecule has 8 heteroatoms. The van der Waals surface area contributed by atoms with Crippen molar-refractivity contribution in [1.82, 2.24) is 9.71 Å². The summed E-state index contributed by atoms with van der Waals surface area (Å²) >= 11 is 0. The lowest BCUT2D eigenvalue weighted by Gasteiger charge is -2.06. The van der Waals surface area contributed by atoms with Crippen molar-refractivity contribution in [1.29, 1.82) is 0 Å². The number of halogens is 2. The van der Waals surface area contributed by atoms with Crippen LogP contribution in [0.25, 0.3) is 0 Å². The molecule has 0 aliphatic carbocycles. The summed E-state index contributed by atoms with van der Waals surface area (Å²) in [5.41, 5.74) is 0.622. The molecular weight excluding hydrogens is 290 g/mol. The number of hydrogen-bond acceptors (Lipinski definition) is 4. The number of rotatable bonds is 4. The molecule has 0 bridgehead atoms. The summed E-state index contributed by atoms with van der Waals surface area (Å²) < 4.78 is 57.9. The molecule has 1 aromatic heterocycles. The number of aromatic nitrogens is 1. The molecule has 0 spiro atoms. The third-order valence-electron chi connectivity index (χ3n) is 2.67. The first kappa shape index (κ1) is 14.6. The summed E-state index contributed by atoms with van der Waals surface area (Å²) in [5, 5.41) is 0. The predicted molar refractivity (Wildman–Crippen MR) is 66.4 cm³/mol. The molecule has 1 N–H and O–H groups in total. The molecule has 2 rings (SSSR count). The van der Waals surface area contributed by atoms with Crippen molar-refractivity contribution in [2.75, 3.05) is 0 Å². The van der Waals surface area contributed by atoms with Crippen molar-refractivity contribution in [3.05, 3.63) is 47.2 Å². The highest BCUT2D eigenvalue weighted by Gasteiger charge is 2.24. The van der Waals surface area contributed by atoms with Gasteiger partial charge in [-0.25, -0.2) is 26.9 Å². The van der Waals surface area contributed by atoms with Crippen LogP contribution in [0.4, 0.5) is 8.78 Å². The van der Waals surface area contributed by atoms with Gasteiger partial charge in [-0.2, -0.15) is 0 Å². The van der Waals surface area contributed by atoms with Crippen LogP contribution in [0.2, 0.25) is 0 Å². The van der Waals surface area contributed by atoms with Crippen LogP contribution in [-0.2, 0) is 16.6 Å². The number of nitrogens with zero attached hydrogens (tertiary/aromatic N) is 1. The van der Waals surface area contributed by atoms with Gasteiger partial charge in [0.1, 0.15) is 17.4 Å². The Balaban J connectivity index is 2.24. The minimum atomic E-state index is -4.32. The highest BCUT2D eigenvalue weighted by atomic mass is 32.2. The standard InChI is InChI=1S/C12H12F2N2O3S/c1-7-8(2)19-11(16-7)6-15-20(17,18)12-9(13)4-3-5-10(12)14/h3-5,15H,6H2,1-2H3. The minimum absolute atomic E-state index is 0.125. The Kier molecular flexibility index (Phi) is 3.87. The van der Waals surface area contributed by atoms with Crippen molar-refractivity contribution >= 4 is 10.0 Å². The van der Waals surface area contributed by atoms with Gasteiger partial charge in [-0.3, -0.25) is 0 Å². The fourth-order valence-electron chi connectivity index (χ4n) is 1.58. The summed E-state index contributed by atoms with van der Waals surface area (Å²) in [4.78, 5) is 2.96. The maximum atomic E-state index is 13.4. The first-order chi connectivity index (χ1) is 9.31. The van der Waals surface area contributed by atoms with E-state index in [-0.39, 0.29) is 12.4 Å². The van der Waals surface area contributed by atoms with E-state index in [1.54, 1.807) is 13.8 Å². The second-order valence-electron chi connectivity index (χ2n) is 4.12. The molecule has 1 heterocycles. The normalized spacial score (nSPS) is 11.8. The SMILES string of the molecule is Cc1nc(CNS(=O)(=O)c2c(F)cccc2F)oc1C. The predicted octanol–water partition coefficient (Wildman–Crippen LogP) is 2.05. The lowest BCUT2D eigenvalue weighted by atomic mass is 10.3.